The topological polar surface area (TPSA) is 220 Å². The van der Waals surface area contributed by atoms with Crippen molar-refractivity contribution in [1.82, 2.24) is 9.78 Å². The number of allylic oxidation sites excluding steroid dienone is 2. The summed E-state index contributed by atoms with van der Waals surface area (Å²) in [6.45, 7) is 0. The first-order chi connectivity index (χ1) is 17.3. The Bertz CT molecular complexity index is 1700. The lowest BCUT2D eigenvalue weighted by molar-refractivity contribution is -0.114. The van der Waals surface area contributed by atoms with Crippen LogP contribution in [0, 0.1) is 0 Å². The van der Waals surface area contributed by atoms with Crippen molar-refractivity contribution >= 4 is 43.8 Å². The molecule has 5 N–H and O–H groups in total. The third-order valence-corrected chi connectivity index (χ3v) is 6.76. The number of aromatic nitrogens is 2. The van der Waals surface area contributed by atoms with Crippen molar-refractivity contribution in [3.05, 3.63) is 71.8 Å². The van der Waals surface area contributed by atoms with Gasteiger partial charge >= 0.3 is 0 Å². The van der Waals surface area contributed by atoms with E-state index in [0.717, 1.165) is 40.0 Å². The number of aromatic hydroxyl groups is 2. The van der Waals surface area contributed by atoms with Gasteiger partial charge in [-0.2, -0.15) is 26.5 Å². The maximum Gasteiger partial charge on any atom is 0.294 e. The highest BCUT2D eigenvalue weighted by Gasteiger charge is 2.31. The standard InChI is InChI=1S/C21H16N4O10S2/c26-18-16(20(28)24(22-18)12-4-8-14(9-5-12)36(30,31)32)2-1-3-17-19(27)23-25(21(17)29)13-6-10-15(11-7-13)37(33,34)35/h1-11,28H,(H,22,26)(H,23,27)(H,30,31,32)(H,33,34,35). The van der Waals surface area contributed by atoms with Crippen LogP contribution in [-0.4, -0.2) is 62.8 Å². The number of aliphatic hydroxyl groups excluding tert-OH is 1. The van der Waals surface area contributed by atoms with Gasteiger partial charge in [-0.1, -0.05) is 6.08 Å². The number of rotatable bonds is 6. The van der Waals surface area contributed by atoms with Gasteiger partial charge < -0.3 is 15.3 Å². The van der Waals surface area contributed by atoms with Gasteiger partial charge in [0.1, 0.15) is 11.1 Å². The molecule has 0 atom stereocenters. The second-order valence-corrected chi connectivity index (χ2v) is 10.2. The van der Waals surface area contributed by atoms with Gasteiger partial charge in [-0.3, -0.25) is 13.9 Å². The largest absolute Gasteiger partial charge is 0.493 e. The molecule has 2 heterocycles. The lowest BCUT2D eigenvalue weighted by Crippen LogP contribution is -2.21. The quantitative estimate of drug-likeness (QED) is 0.220. The Kier molecular flexibility index (Phi) is 6.34. The van der Waals surface area contributed by atoms with E-state index in [-0.39, 0.29) is 27.4 Å². The van der Waals surface area contributed by atoms with Crippen molar-refractivity contribution < 1.29 is 46.1 Å². The first-order valence-electron chi connectivity index (χ1n) is 9.94. The molecule has 192 valence electrons. The first kappa shape index (κ1) is 25.6. The van der Waals surface area contributed by atoms with E-state index in [0.29, 0.717) is 0 Å². The summed E-state index contributed by atoms with van der Waals surface area (Å²) >= 11 is 0. The first-order valence-corrected chi connectivity index (χ1v) is 12.8. The number of benzene rings is 2. The van der Waals surface area contributed by atoms with Gasteiger partial charge in [0.05, 0.1) is 21.2 Å². The fraction of sp³-hybridized carbons (Fsp3) is 0. The summed E-state index contributed by atoms with van der Waals surface area (Å²) in [5.41, 5.74) is -0.171. The van der Waals surface area contributed by atoms with Gasteiger partial charge in [0.25, 0.3) is 26.1 Å². The van der Waals surface area contributed by atoms with Crippen LogP contribution >= 0.6 is 0 Å². The molecule has 1 aliphatic heterocycles. The van der Waals surface area contributed by atoms with Gasteiger partial charge in [-0.15, -0.1) is 10.2 Å². The second-order valence-electron chi connectivity index (χ2n) is 7.39. The zero-order chi connectivity index (χ0) is 27.1. The van der Waals surface area contributed by atoms with E-state index in [9.17, 15) is 36.9 Å². The van der Waals surface area contributed by atoms with Crippen LogP contribution in [0.2, 0.25) is 0 Å². The molecule has 0 saturated carbocycles. The molecule has 4 rings (SSSR count). The molecule has 0 fully saturated rings. The van der Waals surface area contributed by atoms with E-state index < -0.39 is 48.7 Å². The number of amides is 1. The Balaban J connectivity index is 1.56. The minimum Gasteiger partial charge on any atom is -0.493 e. The van der Waals surface area contributed by atoms with E-state index in [1.54, 1.807) is 0 Å². The van der Waals surface area contributed by atoms with E-state index in [1.165, 1.54) is 36.4 Å². The monoisotopic (exact) mass is 548 g/mol. The van der Waals surface area contributed by atoms with E-state index >= 15 is 0 Å². The van der Waals surface area contributed by atoms with Gasteiger partial charge in [-0.05, 0) is 60.7 Å². The van der Waals surface area contributed by atoms with Crippen molar-refractivity contribution in [2.75, 3.05) is 5.01 Å². The van der Waals surface area contributed by atoms with Crippen molar-refractivity contribution in [1.29, 1.82) is 0 Å². The fourth-order valence-corrected chi connectivity index (χ4v) is 4.18. The van der Waals surface area contributed by atoms with E-state index in [4.69, 9.17) is 9.11 Å². The predicted octanol–water partition coefficient (Wildman–Crippen LogP) is 1.63. The van der Waals surface area contributed by atoms with Crippen LogP contribution in [0.25, 0.3) is 11.8 Å². The fourth-order valence-electron chi connectivity index (χ4n) is 3.22. The summed E-state index contributed by atoms with van der Waals surface area (Å²) in [7, 11) is -8.87. The lowest BCUT2D eigenvalue weighted by atomic mass is 10.2. The molecule has 1 aliphatic rings. The number of hydrogen-bond donors (Lipinski definition) is 5. The van der Waals surface area contributed by atoms with Crippen LogP contribution in [-0.2, 0) is 25.0 Å². The normalized spacial score (nSPS) is 15.6. The molecule has 0 unspecified atom stereocenters. The number of carbonyl (C=O) groups excluding carboxylic acids is 1. The number of hydrazone groups is 1. The van der Waals surface area contributed by atoms with Crippen LogP contribution in [0.1, 0.15) is 5.56 Å². The smallest absolute Gasteiger partial charge is 0.294 e. The summed E-state index contributed by atoms with van der Waals surface area (Å²) in [5.74, 6) is -2.58. The SMILES string of the molecule is O=C1C(=CC=Cc2c(O)nn(-c3ccc(S(=O)(=O)O)cc3)c2O)C(O)=NN1c1ccc(S(=O)(=O)O)cc1. The molecule has 1 aromatic heterocycles. The molecule has 0 bridgehead atoms. The zero-order valence-electron chi connectivity index (χ0n) is 18.2. The third kappa shape index (κ3) is 5.07. The third-order valence-electron chi connectivity index (χ3n) is 5.02. The average molecular weight is 549 g/mol. The van der Waals surface area contributed by atoms with Crippen LogP contribution < -0.4 is 5.01 Å². The molecule has 0 radical (unpaired) electrons. The molecule has 14 nitrogen and oxygen atoms in total. The Labute approximate surface area is 208 Å². The predicted molar refractivity (Wildman–Crippen MR) is 128 cm³/mol. The highest BCUT2D eigenvalue weighted by molar-refractivity contribution is 7.86. The molecular formula is C21H16N4O10S2. The summed E-state index contributed by atoms with van der Waals surface area (Å²) < 4.78 is 63.7. The molecule has 0 spiro atoms. The van der Waals surface area contributed by atoms with Gasteiger partial charge in [-0.25, -0.2) is 0 Å². The molecular weight excluding hydrogens is 532 g/mol. The van der Waals surface area contributed by atoms with Crippen LogP contribution in [0.15, 0.2) is 81.1 Å². The Morgan fingerprint density at radius 1 is 0.784 bits per heavy atom. The maximum atomic E-state index is 12.7. The van der Waals surface area contributed by atoms with Crippen molar-refractivity contribution in [2.45, 2.75) is 9.79 Å². The Morgan fingerprint density at radius 2 is 1.30 bits per heavy atom. The number of anilines is 1. The molecule has 0 aliphatic carbocycles. The van der Waals surface area contributed by atoms with Crippen molar-refractivity contribution in [2.24, 2.45) is 5.10 Å². The second kappa shape index (κ2) is 9.17. The van der Waals surface area contributed by atoms with Gasteiger partial charge in [0.15, 0.2) is 0 Å². The molecule has 2 aromatic carbocycles. The summed E-state index contributed by atoms with van der Waals surface area (Å²) in [6.07, 6.45) is 3.54. The van der Waals surface area contributed by atoms with Crippen molar-refractivity contribution in [3.8, 4) is 17.4 Å². The van der Waals surface area contributed by atoms with Crippen LogP contribution in [0.5, 0.6) is 11.8 Å². The average Bonchev–Trinajstić information content (AvgIpc) is 3.28. The molecule has 0 saturated heterocycles. The minimum atomic E-state index is -4.44. The number of nitrogens with zero attached hydrogens (tertiary/aromatic N) is 4. The molecule has 16 heteroatoms. The Hall–Kier alpha value is -4.51. The highest BCUT2D eigenvalue weighted by Crippen LogP contribution is 2.31. The van der Waals surface area contributed by atoms with Crippen LogP contribution in [0.4, 0.5) is 5.69 Å². The minimum absolute atomic E-state index is 0.105. The number of hydrogen-bond acceptors (Lipinski definition) is 9. The highest BCUT2D eigenvalue weighted by atomic mass is 32.2. The van der Waals surface area contributed by atoms with Gasteiger partial charge in [0, 0.05) is 0 Å². The zero-order valence-corrected chi connectivity index (χ0v) is 19.9. The number of aliphatic hydroxyl groups is 1. The maximum absolute atomic E-state index is 12.7. The summed E-state index contributed by atoms with van der Waals surface area (Å²) in [5, 5.41) is 38.9. The lowest BCUT2D eigenvalue weighted by Gasteiger charge is -2.11. The van der Waals surface area contributed by atoms with E-state index in [2.05, 4.69) is 10.2 Å². The molecule has 3 aromatic rings. The van der Waals surface area contributed by atoms with Gasteiger partial charge in [0.2, 0.25) is 17.7 Å². The van der Waals surface area contributed by atoms with E-state index in [1.807, 2.05) is 0 Å². The molecule has 1 amide bonds. The Morgan fingerprint density at radius 3 is 1.81 bits per heavy atom. The van der Waals surface area contributed by atoms with Crippen molar-refractivity contribution in [3.63, 3.8) is 0 Å². The van der Waals surface area contributed by atoms with Crippen LogP contribution in [0.3, 0.4) is 0 Å². The summed E-state index contributed by atoms with van der Waals surface area (Å²) in [4.78, 5) is 11.9. The number of carbonyl (C=O) groups is 1. The molecule has 37 heavy (non-hydrogen) atoms. The summed E-state index contributed by atoms with van der Waals surface area (Å²) in [6, 6.07) is 9.09.